The largest absolute Gasteiger partial charge is 0.467 e. The lowest BCUT2D eigenvalue weighted by atomic mass is 10.0. The van der Waals surface area contributed by atoms with Crippen LogP contribution in [0.1, 0.15) is 38.4 Å². The third-order valence-corrected chi connectivity index (χ3v) is 6.84. The second-order valence-electron chi connectivity index (χ2n) is 8.62. The van der Waals surface area contributed by atoms with Crippen molar-refractivity contribution in [2.75, 3.05) is 30.3 Å². The van der Waals surface area contributed by atoms with E-state index in [-0.39, 0.29) is 0 Å². The molecular formula is C23H30N8OS. The van der Waals surface area contributed by atoms with Gasteiger partial charge in [0, 0.05) is 36.8 Å². The molecule has 0 spiro atoms. The molecule has 1 unspecified atom stereocenters. The molecule has 9 nitrogen and oxygen atoms in total. The van der Waals surface area contributed by atoms with E-state index in [1.807, 2.05) is 23.7 Å². The van der Waals surface area contributed by atoms with Gasteiger partial charge in [-0.2, -0.15) is 0 Å². The zero-order valence-electron chi connectivity index (χ0n) is 18.9. The molecule has 0 aromatic carbocycles. The van der Waals surface area contributed by atoms with Gasteiger partial charge in [0.2, 0.25) is 5.95 Å². The average Bonchev–Trinajstić information content (AvgIpc) is 3.58. The highest BCUT2D eigenvalue weighted by Crippen LogP contribution is 2.22. The number of piperidine rings is 1. The zero-order valence-corrected chi connectivity index (χ0v) is 19.7. The van der Waals surface area contributed by atoms with Crippen LogP contribution in [0.2, 0.25) is 0 Å². The number of furan rings is 1. The Balaban J connectivity index is 1.12. The summed E-state index contributed by atoms with van der Waals surface area (Å²) in [5.41, 5.74) is 1.62. The molecule has 10 heteroatoms. The van der Waals surface area contributed by atoms with Crippen LogP contribution in [0.15, 0.2) is 46.9 Å². The standard InChI is InChI=1S/C23H30N8OS/c1-17(27-23-25-8-13-33-23)4-2-9-30-10-6-18(7-11-30)28-22-29-20-14-24-16-26-21(20)31(22)15-19-5-3-12-32-19/h3,5,8,12-14,16-18H,2,4,6-7,9-11,15H2,1H3,(H,25,27)(H,28,29). The summed E-state index contributed by atoms with van der Waals surface area (Å²) in [5.74, 6) is 1.71. The average molecular weight is 467 g/mol. The molecule has 0 amide bonds. The first-order valence-electron chi connectivity index (χ1n) is 11.6. The van der Waals surface area contributed by atoms with Crippen molar-refractivity contribution in [1.29, 1.82) is 0 Å². The van der Waals surface area contributed by atoms with Gasteiger partial charge < -0.3 is 20.0 Å². The van der Waals surface area contributed by atoms with Crippen LogP contribution in [-0.2, 0) is 6.54 Å². The first-order chi connectivity index (χ1) is 16.2. The van der Waals surface area contributed by atoms with E-state index in [4.69, 9.17) is 9.40 Å². The van der Waals surface area contributed by atoms with Crippen LogP contribution < -0.4 is 10.6 Å². The molecule has 0 saturated carbocycles. The molecule has 0 radical (unpaired) electrons. The Morgan fingerprint density at radius 3 is 2.97 bits per heavy atom. The summed E-state index contributed by atoms with van der Waals surface area (Å²) in [4.78, 5) is 20.2. The van der Waals surface area contributed by atoms with Crippen LogP contribution in [0.3, 0.4) is 0 Å². The van der Waals surface area contributed by atoms with Crippen molar-refractivity contribution in [3.8, 4) is 0 Å². The summed E-state index contributed by atoms with van der Waals surface area (Å²) in [7, 11) is 0. The second kappa shape index (κ2) is 10.3. The van der Waals surface area contributed by atoms with Gasteiger partial charge in [-0.15, -0.1) is 11.3 Å². The number of imidazole rings is 1. The summed E-state index contributed by atoms with van der Waals surface area (Å²) in [6.07, 6.45) is 11.4. The fraction of sp³-hybridized carbons (Fsp3) is 0.478. The van der Waals surface area contributed by atoms with E-state index in [1.165, 1.54) is 6.42 Å². The molecule has 33 heavy (non-hydrogen) atoms. The van der Waals surface area contributed by atoms with Gasteiger partial charge in [-0.1, -0.05) is 0 Å². The Morgan fingerprint density at radius 2 is 2.18 bits per heavy atom. The van der Waals surface area contributed by atoms with E-state index in [0.717, 1.165) is 66.9 Å². The van der Waals surface area contributed by atoms with E-state index in [2.05, 4.69) is 42.0 Å². The van der Waals surface area contributed by atoms with Gasteiger partial charge >= 0.3 is 0 Å². The first-order valence-corrected chi connectivity index (χ1v) is 12.5. The maximum atomic E-state index is 5.56. The summed E-state index contributed by atoms with van der Waals surface area (Å²) >= 11 is 1.66. The van der Waals surface area contributed by atoms with Gasteiger partial charge in [0.1, 0.15) is 17.6 Å². The van der Waals surface area contributed by atoms with Gasteiger partial charge in [0.05, 0.1) is 19.0 Å². The van der Waals surface area contributed by atoms with Gasteiger partial charge in [-0.3, -0.25) is 4.57 Å². The Bertz CT molecular complexity index is 1120. The van der Waals surface area contributed by atoms with Crippen LogP contribution in [0.4, 0.5) is 11.1 Å². The minimum absolute atomic E-state index is 0.395. The number of hydrogen-bond acceptors (Lipinski definition) is 9. The molecule has 174 valence electrons. The minimum Gasteiger partial charge on any atom is -0.467 e. The number of fused-ring (bicyclic) bond motifs is 1. The smallest absolute Gasteiger partial charge is 0.205 e. The maximum absolute atomic E-state index is 5.56. The normalized spacial score (nSPS) is 16.3. The van der Waals surface area contributed by atoms with Gasteiger partial charge in [0.15, 0.2) is 10.8 Å². The molecule has 1 saturated heterocycles. The molecule has 2 N–H and O–H groups in total. The highest BCUT2D eigenvalue weighted by molar-refractivity contribution is 7.13. The van der Waals surface area contributed by atoms with Crippen molar-refractivity contribution in [2.45, 2.75) is 51.2 Å². The fourth-order valence-corrected chi connectivity index (χ4v) is 5.02. The number of hydrogen-bond donors (Lipinski definition) is 2. The second-order valence-corrected chi connectivity index (χ2v) is 9.51. The lowest BCUT2D eigenvalue weighted by Crippen LogP contribution is -2.40. The predicted molar refractivity (Wildman–Crippen MR) is 131 cm³/mol. The summed E-state index contributed by atoms with van der Waals surface area (Å²) in [6.45, 7) is 6.17. The van der Waals surface area contributed by atoms with Gasteiger partial charge in [0.25, 0.3) is 0 Å². The number of nitrogens with zero attached hydrogens (tertiary/aromatic N) is 6. The molecule has 0 bridgehead atoms. The summed E-state index contributed by atoms with van der Waals surface area (Å²) in [6, 6.07) is 4.72. The Hall–Kier alpha value is -2.98. The van der Waals surface area contributed by atoms with Crippen molar-refractivity contribution in [2.24, 2.45) is 0 Å². The molecule has 4 aromatic rings. The van der Waals surface area contributed by atoms with Crippen LogP contribution in [-0.4, -0.2) is 61.1 Å². The molecule has 1 atom stereocenters. The van der Waals surface area contributed by atoms with Crippen molar-refractivity contribution >= 4 is 33.6 Å². The van der Waals surface area contributed by atoms with Crippen molar-refractivity contribution in [3.63, 3.8) is 0 Å². The Labute approximate surface area is 197 Å². The van der Waals surface area contributed by atoms with Gasteiger partial charge in [-0.25, -0.2) is 19.9 Å². The number of likely N-dealkylation sites (tertiary alicyclic amines) is 1. The van der Waals surface area contributed by atoms with Crippen LogP contribution in [0.25, 0.3) is 11.2 Å². The van der Waals surface area contributed by atoms with Crippen LogP contribution >= 0.6 is 11.3 Å². The van der Waals surface area contributed by atoms with Gasteiger partial charge in [-0.05, 0) is 51.3 Å². The number of aromatic nitrogens is 5. The zero-order chi connectivity index (χ0) is 22.5. The molecular weight excluding hydrogens is 436 g/mol. The molecule has 0 aliphatic carbocycles. The topological polar surface area (TPSA) is 96.9 Å². The molecule has 1 fully saturated rings. The summed E-state index contributed by atoms with van der Waals surface area (Å²) < 4.78 is 7.65. The fourth-order valence-electron chi connectivity index (χ4n) is 4.38. The van der Waals surface area contributed by atoms with Crippen molar-refractivity contribution in [3.05, 3.63) is 48.3 Å². The molecule has 5 heterocycles. The minimum atomic E-state index is 0.395. The van der Waals surface area contributed by atoms with E-state index in [0.29, 0.717) is 18.6 Å². The molecule has 1 aliphatic heterocycles. The molecule has 4 aromatic heterocycles. The van der Waals surface area contributed by atoms with E-state index in [1.54, 1.807) is 30.1 Å². The van der Waals surface area contributed by atoms with E-state index in [9.17, 15) is 0 Å². The first kappa shape index (κ1) is 21.8. The summed E-state index contributed by atoms with van der Waals surface area (Å²) in [5, 5.41) is 10.2. The number of rotatable bonds is 10. The number of thiazole rings is 1. The lowest BCUT2D eigenvalue weighted by molar-refractivity contribution is 0.214. The Morgan fingerprint density at radius 1 is 1.27 bits per heavy atom. The van der Waals surface area contributed by atoms with Crippen LogP contribution in [0.5, 0.6) is 0 Å². The SMILES string of the molecule is CC(CCCN1CCC(Nc2nc3cncnc3n2Cc2ccco2)CC1)Nc1nccs1. The highest BCUT2D eigenvalue weighted by atomic mass is 32.1. The number of anilines is 2. The predicted octanol–water partition coefficient (Wildman–Crippen LogP) is 4.08. The maximum Gasteiger partial charge on any atom is 0.205 e. The quantitative estimate of drug-likeness (QED) is 0.361. The number of nitrogens with one attached hydrogen (secondary N) is 2. The highest BCUT2D eigenvalue weighted by Gasteiger charge is 2.22. The molecule has 5 rings (SSSR count). The van der Waals surface area contributed by atoms with Crippen LogP contribution in [0, 0.1) is 0 Å². The Kier molecular flexibility index (Phi) is 6.82. The third-order valence-electron chi connectivity index (χ3n) is 6.14. The monoisotopic (exact) mass is 466 g/mol. The van der Waals surface area contributed by atoms with Crippen molar-refractivity contribution in [1.82, 2.24) is 29.4 Å². The van der Waals surface area contributed by atoms with E-state index >= 15 is 0 Å². The lowest BCUT2D eigenvalue weighted by Gasteiger charge is -2.32. The molecule has 1 aliphatic rings. The third kappa shape index (κ3) is 5.51. The van der Waals surface area contributed by atoms with E-state index < -0.39 is 0 Å². The van der Waals surface area contributed by atoms with Crippen molar-refractivity contribution < 1.29 is 4.42 Å².